The fourth-order valence-electron chi connectivity index (χ4n) is 1.63. The highest BCUT2D eigenvalue weighted by Gasteiger charge is 2.26. The summed E-state index contributed by atoms with van der Waals surface area (Å²) in [6.07, 6.45) is 3.84. The first-order valence-electron chi connectivity index (χ1n) is 5.76. The van der Waals surface area contributed by atoms with Gasteiger partial charge >= 0.3 is 6.09 Å². The van der Waals surface area contributed by atoms with Gasteiger partial charge in [-0.3, -0.25) is 0 Å². The van der Waals surface area contributed by atoms with Crippen molar-refractivity contribution in [3.63, 3.8) is 0 Å². The van der Waals surface area contributed by atoms with E-state index < -0.39 is 5.60 Å². The molecule has 0 aromatic heterocycles. The molecule has 92 valence electrons. The lowest BCUT2D eigenvalue weighted by Crippen LogP contribution is -2.52. The normalized spacial score (nSPS) is 22.5. The van der Waals surface area contributed by atoms with Crippen molar-refractivity contribution in [3.8, 4) is 0 Å². The molecule has 0 radical (unpaired) electrons. The maximum atomic E-state index is 11.8. The third-order valence-corrected chi connectivity index (χ3v) is 2.28. The van der Waals surface area contributed by atoms with Gasteiger partial charge in [-0.15, -0.1) is 0 Å². The van der Waals surface area contributed by atoms with Crippen molar-refractivity contribution in [2.24, 2.45) is 0 Å². The zero-order chi connectivity index (χ0) is 12.2. The molecule has 1 amide bonds. The average Bonchev–Trinajstić information content (AvgIpc) is 2.16. The van der Waals surface area contributed by atoms with Crippen molar-refractivity contribution in [3.05, 3.63) is 12.2 Å². The van der Waals surface area contributed by atoms with E-state index >= 15 is 0 Å². The predicted molar refractivity (Wildman–Crippen MR) is 64.4 cm³/mol. The molecule has 4 nitrogen and oxygen atoms in total. The van der Waals surface area contributed by atoms with Crippen LogP contribution in [0.25, 0.3) is 0 Å². The maximum absolute atomic E-state index is 11.8. The number of piperazine rings is 1. The van der Waals surface area contributed by atoms with Gasteiger partial charge in [0.05, 0.1) is 0 Å². The monoisotopic (exact) mass is 226 g/mol. The van der Waals surface area contributed by atoms with E-state index in [1.54, 1.807) is 4.90 Å². The fourth-order valence-corrected chi connectivity index (χ4v) is 1.63. The number of carbonyl (C=O) groups excluding carboxylic acids is 1. The van der Waals surface area contributed by atoms with Gasteiger partial charge in [-0.05, 0) is 27.7 Å². The van der Waals surface area contributed by atoms with Gasteiger partial charge in [-0.25, -0.2) is 4.79 Å². The lowest BCUT2D eigenvalue weighted by molar-refractivity contribution is 0.0209. The largest absolute Gasteiger partial charge is 0.444 e. The SMILES string of the molecule is C/C=C/C1CN(C(=O)OC(C)(C)C)CCN1. The third-order valence-electron chi connectivity index (χ3n) is 2.28. The number of hydrogen-bond donors (Lipinski definition) is 1. The zero-order valence-corrected chi connectivity index (χ0v) is 10.6. The van der Waals surface area contributed by atoms with E-state index in [4.69, 9.17) is 4.74 Å². The molecule has 1 atom stereocenters. The van der Waals surface area contributed by atoms with Crippen LogP contribution in [-0.4, -0.2) is 42.3 Å². The number of ether oxygens (including phenoxy) is 1. The Morgan fingerprint density at radius 2 is 2.19 bits per heavy atom. The van der Waals surface area contributed by atoms with Gasteiger partial charge < -0.3 is 15.0 Å². The molecule has 0 saturated carbocycles. The van der Waals surface area contributed by atoms with Crippen molar-refractivity contribution in [1.29, 1.82) is 0 Å². The van der Waals surface area contributed by atoms with Crippen LogP contribution in [-0.2, 0) is 4.74 Å². The number of rotatable bonds is 1. The van der Waals surface area contributed by atoms with Crippen LogP contribution >= 0.6 is 0 Å². The van der Waals surface area contributed by atoms with Gasteiger partial charge in [0, 0.05) is 25.7 Å². The lowest BCUT2D eigenvalue weighted by atomic mass is 10.2. The van der Waals surface area contributed by atoms with Gasteiger partial charge in [0.25, 0.3) is 0 Å². The van der Waals surface area contributed by atoms with Crippen molar-refractivity contribution in [1.82, 2.24) is 10.2 Å². The maximum Gasteiger partial charge on any atom is 0.410 e. The first-order valence-corrected chi connectivity index (χ1v) is 5.76. The first kappa shape index (κ1) is 13.0. The summed E-state index contributed by atoms with van der Waals surface area (Å²) in [5, 5.41) is 3.33. The molecule has 1 unspecified atom stereocenters. The van der Waals surface area contributed by atoms with Gasteiger partial charge in [-0.2, -0.15) is 0 Å². The average molecular weight is 226 g/mol. The molecule has 0 spiro atoms. The van der Waals surface area contributed by atoms with E-state index in [0.29, 0.717) is 13.1 Å². The molecule has 16 heavy (non-hydrogen) atoms. The van der Waals surface area contributed by atoms with Crippen LogP contribution in [0.15, 0.2) is 12.2 Å². The van der Waals surface area contributed by atoms with E-state index in [1.807, 2.05) is 33.8 Å². The van der Waals surface area contributed by atoms with Gasteiger partial charge in [0.1, 0.15) is 5.60 Å². The van der Waals surface area contributed by atoms with E-state index in [-0.39, 0.29) is 12.1 Å². The Morgan fingerprint density at radius 1 is 1.50 bits per heavy atom. The van der Waals surface area contributed by atoms with Crippen LogP contribution in [0.1, 0.15) is 27.7 Å². The zero-order valence-electron chi connectivity index (χ0n) is 10.6. The van der Waals surface area contributed by atoms with Crippen molar-refractivity contribution >= 4 is 6.09 Å². The molecule has 0 aliphatic carbocycles. The standard InChI is InChI=1S/C12H22N2O2/c1-5-6-10-9-14(8-7-13-10)11(15)16-12(2,3)4/h5-6,10,13H,7-9H2,1-4H3/b6-5+. The molecule has 1 aliphatic rings. The van der Waals surface area contributed by atoms with Crippen molar-refractivity contribution in [2.45, 2.75) is 39.3 Å². The number of hydrogen-bond acceptors (Lipinski definition) is 3. The minimum absolute atomic E-state index is 0.219. The summed E-state index contributed by atoms with van der Waals surface area (Å²) in [6, 6.07) is 0.242. The van der Waals surface area contributed by atoms with E-state index in [1.165, 1.54) is 0 Å². The summed E-state index contributed by atoms with van der Waals surface area (Å²) >= 11 is 0. The Hall–Kier alpha value is -1.03. The van der Waals surface area contributed by atoms with E-state index in [2.05, 4.69) is 11.4 Å². The smallest absolute Gasteiger partial charge is 0.410 e. The molecular formula is C12H22N2O2. The highest BCUT2D eigenvalue weighted by molar-refractivity contribution is 5.68. The Bertz CT molecular complexity index is 269. The molecule has 1 rings (SSSR count). The number of carbonyl (C=O) groups is 1. The summed E-state index contributed by atoms with van der Waals surface area (Å²) in [7, 11) is 0. The van der Waals surface area contributed by atoms with Crippen LogP contribution < -0.4 is 5.32 Å². The highest BCUT2D eigenvalue weighted by atomic mass is 16.6. The topological polar surface area (TPSA) is 41.6 Å². The van der Waals surface area contributed by atoms with Crippen molar-refractivity contribution in [2.75, 3.05) is 19.6 Å². The molecule has 1 aliphatic heterocycles. The predicted octanol–water partition coefficient (Wildman–Crippen LogP) is 1.77. The second-order valence-electron chi connectivity index (χ2n) is 5.01. The van der Waals surface area contributed by atoms with E-state index in [9.17, 15) is 4.79 Å². The Labute approximate surface area is 97.6 Å². The Balaban J connectivity index is 2.50. The van der Waals surface area contributed by atoms with Gasteiger partial charge in [0.15, 0.2) is 0 Å². The van der Waals surface area contributed by atoms with Crippen LogP contribution in [0.5, 0.6) is 0 Å². The molecule has 1 saturated heterocycles. The summed E-state index contributed by atoms with van der Waals surface area (Å²) in [4.78, 5) is 13.6. The first-order chi connectivity index (χ1) is 7.42. The second kappa shape index (κ2) is 5.34. The lowest BCUT2D eigenvalue weighted by Gasteiger charge is -2.33. The molecule has 1 heterocycles. The molecule has 1 fully saturated rings. The summed E-state index contributed by atoms with van der Waals surface area (Å²) in [6.45, 7) is 9.84. The number of amides is 1. The highest BCUT2D eigenvalue weighted by Crippen LogP contribution is 2.11. The fraction of sp³-hybridized carbons (Fsp3) is 0.750. The van der Waals surface area contributed by atoms with Crippen LogP contribution in [0.4, 0.5) is 4.79 Å². The number of allylic oxidation sites excluding steroid dienone is 1. The minimum Gasteiger partial charge on any atom is -0.444 e. The number of nitrogens with zero attached hydrogens (tertiary/aromatic N) is 1. The molecular weight excluding hydrogens is 204 g/mol. The van der Waals surface area contributed by atoms with Gasteiger partial charge in [-0.1, -0.05) is 12.2 Å². The van der Waals surface area contributed by atoms with Crippen molar-refractivity contribution < 1.29 is 9.53 Å². The summed E-state index contributed by atoms with van der Waals surface area (Å²) in [5.74, 6) is 0. The molecule has 0 aromatic rings. The van der Waals surface area contributed by atoms with Crippen LogP contribution in [0, 0.1) is 0 Å². The number of nitrogens with one attached hydrogen (secondary N) is 1. The summed E-state index contributed by atoms with van der Waals surface area (Å²) < 4.78 is 5.34. The molecule has 0 bridgehead atoms. The molecule has 0 aromatic carbocycles. The van der Waals surface area contributed by atoms with Crippen LogP contribution in [0.3, 0.4) is 0 Å². The summed E-state index contributed by atoms with van der Waals surface area (Å²) in [5.41, 5.74) is -0.419. The minimum atomic E-state index is -0.419. The molecule has 4 heteroatoms. The Morgan fingerprint density at radius 3 is 2.75 bits per heavy atom. The third kappa shape index (κ3) is 4.23. The molecule has 1 N–H and O–H groups in total. The quantitative estimate of drug-likeness (QED) is 0.693. The van der Waals surface area contributed by atoms with E-state index in [0.717, 1.165) is 6.54 Å². The second-order valence-corrected chi connectivity index (χ2v) is 5.01. The van der Waals surface area contributed by atoms with Gasteiger partial charge in [0.2, 0.25) is 0 Å². The Kier molecular flexibility index (Phi) is 4.35. The van der Waals surface area contributed by atoms with Crippen LogP contribution in [0.2, 0.25) is 0 Å².